The van der Waals surface area contributed by atoms with E-state index in [1.54, 1.807) is 12.1 Å². The van der Waals surface area contributed by atoms with Crippen LogP contribution in [-0.2, 0) is 0 Å². The number of carbonyl (C=O) groups is 1. The summed E-state index contributed by atoms with van der Waals surface area (Å²) >= 11 is 0. The lowest BCUT2D eigenvalue weighted by Crippen LogP contribution is -2.38. The molecule has 1 amide bonds. The number of anilines is 1. The first kappa shape index (κ1) is 14.1. The molecule has 0 fully saturated rings. The second kappa shape index (κ2) is 5.48. The molecular formula is C16H14N2O4. The molecule has 22 heavy (non-hydrogen) atoms. The predicted octanol–water partition coefficient (Wildman–Crippen LogP) is 2.94. The van der Waals surface area contributed by atoms with Gasteiger partial charge in [0.15, 0.2) is 0 Å². The first-order valence-electron chi connectivity index (χ1n) is 6.86. The fourth-order valence-electron chi connectivity index (χ4n) is 2.46. The number of fused-ring (bicyclic) bond motifs is 1. The van der Waals surface area contributed by atoms with Gasteiger partial charge in [0.25, 0.3) is 11.6 Å². The predicted molar refractivity (Wildman–Crippen MR) is 81.4 cm³/mol. The van der Waals surface area contributed by atoms with E-state index in [1.165, 1.54) is 23.1 Å². The molecule has 0 spiro atoms. The third-order valence-corrected chi connectivity index (χ3v) is 3.53. The third kappa shape index (κ3) is 2.50. The summed E-state index contributed by atoms with van der Waals surface area (Å²) in [6.07, 6.45) is 0. The number of carbonyl (C=O) groups excluding carboxylic acids is 1. The van der Waals surface area contributed by atoms with Crippen LogP contribution in [0.2, 0.25) is 0 Å². The number of nitro benzene ring substituents is 1. The molecule has 6 heteroatoms. The fraction of sp³-hybridized carbons (Fsp3) is 0.188. The van der Waals surface area contributed by atoms with Gasteiger partial charge >= 0.3 is 0 Å². The Morgan fingerprint density at radius 2 is 2.09 bits per heavy atom. The summed E-state index contributed by atoms with van der Waals surface area (Å²) in [5.41, 5.74) is 1.91. The monoisotopic (exact) mass is 298 g/mol. The van der Waals surface area contributed by atoms with Crippen molar-refractivity contribution in [1.29, 1.82) is 0 Å². The van der Waals surface area contributed by atoms with Crippen molar-refractivity contribution in [3.63, 3.8) is 0 Å². The Morgan fingerprint density at radius 1 is 1.27 bits per heavy atom. The van der Waals surface area contributed by atoms with Crippen molar-refractivity contribution < 1.29 is 14.5 Å². The van der Waals surface area contributed by atoms with Gasteiger partial charge in [-0.1, -0.05) is 17.7 Å². The molecule has 2 aromatic carbocycles. The molecule has 0 saturated carbocycles. The summed E-state index contributed by atoms with van der Waals surface area (Å²) in [5.74, 6) is 0.298. The number of ether oxygens (including phenoxy) is 1. The highest BCUT2D eigenvalue weighted by atomic mass is 16.6. The number of non-ortho nitro benzene ring substituents is 1. The number of hydrogen-bond acceptors (Lipinski definition) is 4. The van der Waals surface area contributed by atoms with Crippen LogP contribution >= 0.6 is 0 Å². The largest absolute Gasteiger partial charge is 0.490 e. The van der Waals surface area contributed by atoms with Crippen LogP contribution in [0.1, 0.15) is 15.9 Å². The SMILES string of the molecule is Cc1cccc(C(=O)N2CCOc3ccc([N+](=O)[O-])cc32)c1. The zero-order chi connectivity index (χ0) is 15.7. The van der Waals surface area contributed by atoms with Gasteiger partial charge < -0.3 is 9.64 Å². The van der Waals surface area contributed by atoms with E-state index in [0.717, 1.165) is 5.56 Å². The van der Waals surface area contributed by atoms with Gasteiger partial charge in [-0.2, -0.15) is 0 Å². The van der Waals surface area contributed by atoms with Crippen molar-refractivity contribution in [3.05, 3.63) is 63.7 Å². The number of nitro groups is 1. The molecule has 0 radical (unpaired) electrons. The van der Waals surface area contributed by atoms with Gasteiger partial charge in [-0.25, -0.2) is 0 Å². The van der Waals surface area contributed by atoms with E-state index in [4.69, 9.17) is 4.74 Å². The molecule has 1 heterocycles. The van der Waals surface area contributed by atoms with Gasteiger partial charge in [0.05, 0.1) is 17.2 Å². The Labute approximate surface area is 127 Å². The maximum Gasteiger partial charge on any atom is 0.271 e. The molecule has 0 bridgehead atoms. The Kier molecular flexibility index (Phi) is 3.50. The highest BCUT2D eigenvalue weighted by Gasteiger charge is 2.26. The summed E-state index contributed by atoms with van der Waals surface area (Å²) in [5, 5.41) is 10.9. The van der Waals surface area contributed by atoms with Crippen LogP contribution in [0, 0.1) is 17.0 Å². The standard InChI is InChI=1S/C16H14N2O4/c1-11-3-2-4-12(9-11)16(19)17-7-8-22-15-6-5-13(18(20)21)10-14(15)17/h2-6,9-10H,7-8H2,1H3. The second-order valence-corrected chi connectivity index (χ2v) is 5.08. The average Bonchev–Trinajstić information content (AvgIpc) is 2.53. The van der Waals surface area contributed by atoms with Crippen LogP contribution in [0.25, 0.3) is 0 Å². The van der Waals surface area contributed by atoms with E-state index >= 15 is 0 Å². The van der Waals surface area contributed by atoms with Crippen molar-refractivity contribution in [2.45, 2.75) is 6.92 Å². The minimum atomic E-state index is -0.482. The number of aryl methyl sites for hydroxylation is 1. The van der Waals surface area contributed by atoms with Gasteiger partial charge in [0.1, 0.15) is 12.4 Å². The number of rotatable bonds is 2. The summed E-state index contributed by atoms with van der Waals surface area (Å²) in [7, 11) is 0. The smallest absolute Gasteiger partial charge is 0.271 e. The van der Waals surface area contributed by atoms with Crippen LogP contribution in [0.4, 0.5) is 11.4 Å². The van der Waals surface area contributed by atoms with E-state index in [2.05, 4.69) is 0 Å². The summed E-state index contributed by atoms with van der Waals surface area (Å²) in [6.45, 7) is 2.64. The van der Waals surface area contributed by atoms with E-state index in [1.807, 2.05) is 19.1 Å². The zero-order valence-electron chi connectivity index (χ0n) is 12.0. The molecule has 0 atom stereocenters. The van der Waals surface area contributed by atoms with Crippen molar-refractivity contribution in [3.8, 4) is 5.75 Å². The molecule has 0 aromatic heterocycles. The van der Waals surface area contributed by atoms with Crippen LogP contribution in [0.3, 0.4) is 0 Å². The van der Waals surface area contributed by atoms with Crippen molar-refractivity contribution in [1.82, 2.24) is 0 Å². The zero-order valence-corrected chi connectivity index (χ0v) is 12.0. The Balaban J connectivity index is 2.02. The molecule has 1 aliphatic heterocycles. The minimum Gasteiger partial charge on any atom is -0.490 e. The van der Waals surface area contributed by atoms with E-state index in [-0.39, 0.29) is 11.6 Å². The molecule has 6 nitrogen and oxygen atoms in total. The normalized spacial score (nSPS) is 13.2. The topological polar surface area (TPSA) is 72.7 Å². The number of hydrogen-bond donors (Lipinski definition) is 0. The van der Waals surface area contributed by atoms with Gasteiger partial charge in [-0.05, 0) is 25.1 Å². The number of benzene rings is 2. The lowest BCUT2D eigenvalue weighted by Gasteiger charge is -2.29. The average molecular weight is 298 g/mol. The first-order valence-corrected chi connectivity index (χ1v) is 6.86. The molecule has 0 aliphatic carbocycles. The maximum absolute atomic E-state index is 12.7. The number of nitrogens with zero attached hydrogens (tertiary/aromatic N) is 2. The summed E-state index contributed by atoms with van der Waals surface area (Å²) in [6, 6.07) is 11.5. The van der Waals surface area contributed by atoms with Crippen molar-refractivity contribution in [2.24, 2.45) is 0 Å². The minimum absolute atomic E-state index is 0.0636. The molecule has 0 N–H and O–H groups in total. The molecule has 112 valence electrons. The molecule has 0 unspecified atom stereocenters. The van der Waals surface area contributed by atoms with Crippen LogP contribution in [0.15, 0.2) is 42.5 Å². The Hall–Kier alpha value is -2.89. The van der Waals surface area contributed by atoms with E-state index in [0.29, 0.717) is 30.2 Å². The lowest BCUT2D eigenvalue weighted by atomic mass is 10.1. The molecular weight excluding hydrogens is 284 g/mol. The lowest BCUT2D eigenvalue weighted by molar-refractivity contribution is -0.384. The van der Waals surface area contributed by atoms with Crippen molar-refractivity contribution >= 4 is 17.3 Å². The van der Waals surface area contributed by atoms with Gasteiger partial charge in [0, 0.05) is 17.7 Å². The quantitative estimate of drug-likeness (QED) is 0.631. The molecule has 2 aromatic rings. The van der Waals surface area contributed by atoms with Crippen LogP contribution in [0.5, 0.6) is 5.75 Å². The maximum atomic E-state index is 12.7. The van der Waals surface area contributed by atoms with Crippen molar-refractivity contribution in [2.75, 3.05) is 18.1 Å². The van der Waals surface area contributed by atoms with Gasteiger partial charge in [0.2, 0.25) is 0 Å². The highest BCUT2D eigenvalue weighted by molar-refractivity contribution is 6.07. The molecule has 3 rings (SSSR count). The van der Waals surface area contributed by atoms with Crippen LogP contribution in [-0.4, -0.2) is 24.0 Å². The van der Waals surface area contributed by atoms with E-state index in [9.17, 15) is 14.9 Å². The Bertz CT molecular complexity index is 758. The summed E-state index contributed by atoms with van der Waals surface area (Å²) < 4.78 is 5.48. The van der Waals surface area contributed by atoms with Gasteiger partial charge in [-0.3, -0.25) is 14.9 Å². The Morgan fingerprint density at radius 3 is 2.82 bits per heavy atom. The number of amides is 1. The summed E-state index contributed by atoms with van der Waals surface area (Å²) in [4.78, 5) is 24.7. The highest BCUT2D eigenvalue weighted by Crippen LogP contribution is 2.35. The third-order valence-electron chi connectivity index (χ3n) is 3.53. The first-order chi connectivity index (χ1) is 10.6. The molecule has 0 saturated heterocycles. The van der Waals surface area contributed by atoms with Crippen LogP contribution < -0.4 is 9.64 Å². The fourth-order valence-corrected chi connectivity index (χ4v) is 2.46. The van der Waals surface area contributed by atoms with E-state index < -0.39 is 4.92 Å². The molecule has 1 aliphatic rings. The second-order valence-electron chi connectivity index (χ2n) is 5.08. The van der Waals surface area contributed by atoms with Gasteiger partial charge in [-0.15, -0.1) is 0 Å².